The summed E-state index contributed by atoms with van der Waals surface area (Å²) in [6.07, 6.45) is 6.76. The quantitative estimate of drug-likeness (QED) is 0.268. The van der Waals surface area contributed by atoms with Gasteiger partial charge < -0.3 is 14.6 Å². The molecule has 206 valence electrons. The number of hydrogen-bond donors (Lipinski definition) is 1. The summed E-state index contributed by atoms with van der Waals surface area (Å²) in [6, 6.07) is 18.4. The van der Waals surface area contributed by atoms with Crippen molar-refractivity contribution in [3.63, 3.8) is 0 Å². The molecule has 0 amide bonds. The lowest BCUT2D eigenvalue weighted by Crippen LogP contribution is -2.40. The molecule has 0 radical (unpaired) electrons. The number of benzene rings is 3. The Morgan fingerprint density at radius 1 is 1.07 bits per heavy atom. The van der Waals surface area contributed by atoms with Gasteiger partial charge in [0.05, 0.1) is 30.8 Å². The van der Waals surface area contributed by atoms with Crippen molar-refractivity contribution in [3.05, 3.63) is 113 Å². The lowest BCUT2D eigenvalue weighted by atomic mass is 9.57. The fraction of sp³-hybridized carbons (Fsp3) is 0.303. The normalized spacial score (nSPS) is 20.7. The number of allylic oxidation sites excluding steroid dienone is 1. The lowest BCUT2D eigenvalue weighted by Gasteiger charge is -2.47. The average Bonchev–Trinajstić information content (AvgIpc) is 3.37. The number of methoxy groups -OCH3 is 1. The maximum absolute atomic E-state index is 14.7. The molecule has 5 nitrogen and oxygen atoms in total. The zero-order valence-electron chi connectivity index (χ0n) is 22.6. The van der Waals surface area contributed by atoms with Crippen LogP contribution in [0.4, 0.5) is 8.78 Å². The van der Waals surface area contributed by atoms with Crippen LogP contribution in [0.5, 0.6) is 11.5 Å². The summed E-state index contributed by atoms with van der Waals surface area (Å²) in [6.45, 7) is 2.42. The first kappa shape index (κ1) is 26.3. The van der Waals surface area contributed by atoms with Gasteiger partial charge in [-0.1, -0.05) is 30.7 Å². The van der Waals surface area contributed by atoms with E-state index in [-0.39, 0.29) is 29.5 Å². The maximum atomic E-state index is 14.7. The second-order valence-electron chi connectivity index (χ2n) is 11.0. The van der Waals surface area contributed by atoms with E-state index in [0.717, 1.165) is 53.9 Å². The number of rotatable bonds is 7. The Morgan fingerprint density at radius 3 is 2.60 bits per heavy atom. The van der Waals surface area contributed by atoms with Gasteiger partial charge in [-0.05, 0) is 108 Å². The van der Waals surface area contributed by atoms with Gasteiger partial charge in [0.1, 0.15) is 18.2 Å². The summed E-state index contributed by atoms with van der Waals surface area (Å²) in [7, 11) is 1.61. The van der Waals surface area contributed by atoms with Gasteiger partial charge in [0, 0.05) is 0 Å². The summed E-state index contributed by atoms with van der Waals surface area (Å²) in [5.41, 5.74) is 5.44. The number of aliphatic hydroxyl groups excluding tert-OH is 1. The predicted molar refractivity (Wildman–Crippen MR) is 149 cm³/mol. The van der Waals surface area contributed by atoms with Gasteiger partial charge in [-0.3, -0.25) is 0 Å². The van der Waals surface area contributed by atoms with Gasteiger partial charge in [-0.15, -0.1) is 0 Å². The molecule has 7 heteroatoms. The largest absolute Gasteiger partial charge is 0.497 e. The first-order valence-corrected chi connectivity index (χ1v) is 13.6. The Labute approximate surface area is 232 Å². The van der Waals surface area contributed by atoms with Crippen LogP contribution in [-0.2, 0) is 13.0 Å². The number of hydrogen-bond acceptors (Lipinski definition) is 4. The van der Waals surface area contributed by atoms with E-state index in [0.29, 0.717) is 5.56 Å². The minimum absolute atomic E-state index is 0.0604. The van der Waals surface area contributed by atoms with E-state index in [2.05, 4.69) is 18.1 Å². The van der Waals surface area contributed by atoms with E-state index >= 15 is 0 Å². The molecule has 1 saturated carbocycles. The van der Waals surface area contributed by atoms with Gasteiger partial charge in [-0.2, -0.15) is 5.10 Å². The molecule has 0 saturated heterocycles. The number of halogens is 2. The highest BCUT2D eigenvalue weighted by molar-refractivity contribution is 5.61. The van der Waals surface area contributed by atoms with Crippen molar-refractivity contribution in [1.29, 1.82) is 0 Å². The molecule has 0 aliphatic heterocycles. The zero-order valence-corrected chi connectivity index (χ0v) is 22.6. The maximum Gasteiger partial charge on any atom is 0.165 e. The SMILES string of the molecule is COc1ccc(COc2cc([C@H](O)[C@H]3CCCC4=Cc5c(cnn5-c5ccc(F)cc5)C[C@@]43C)ccc2F)cc1. The van der Waals surface area contributed by atoms with Crippen molar-refractivity contribution < 1.29 is 23.4 Å². The lowest BCUT2D eigenvalue weighted by molar-refractivity contribution is 0.0215. The van der Waals surface area contributed by atoms with Crippen molar-refractivity contribution in [2.24, 2.45) is 11.3 Å². The van der Waals surface area contributed by atoms with Crippen molar-refractivity contribution in [3.8, 4) is 17.2 Å². The molecule has 1 N–H and O–H groups in total. The molecular formula is C33H32F2N2O3. The molecule has 6 rings (SSSR count). The van der Waals surface area contributed by atoms with Crippen molar-refractivity contribution in [1.82, 2.24) is 9.78 Å². The number of aliphatic hydroxyl groups is 1. The molecule has 2 aliphatic rings. The van der Waals surface area contributed by atoms with Gasteiger partial charge in [0.25, 0.3) is 0 Å². The third kappa shape index (κ3) is 4.79. The van der Waals surface area contributed by atoms with E-state index < -0.39 is 11.9 Å². The molecule has 0 bridgehead atoms. The standard InChI is InChI=1S/C33H32F2N2O3/c1-33-18-23-19-36-37(26-11-9-25(34)10-12-26)30(23)17-24(33)4-3-5-28(33)32(38)22-8-15-29(35)31(16-22)40-20-21-6-13-27(39-2)14-7-21/h6-17,19,28,32,38H,3-5,18,20H2,1-2H3/t28-,32+,33+/m1/s1. The second kappa shape index (κ2) is 10.5. The molecule has 4 aromatic rings. The minimum Gasteiger partial charge on any atom is -0.497 e. The van der Waals surface area contributed by atoms with Gasteiger partial charge in [0.15, 0.2) is 11.6 Å². The van der Waals surface area contributed by atoms with Gasteiger partial charge in [-0.25, -0.2) is 13.5 Å². The molecule has 3 aromatic carbocycles. The smallest absolute Gasteiger partial charge is 0.165 e. The molecule has 40 heavy (non-hydrogen) atoms. The van der Waals surface area contributed by atoms with E-state index in [1.165, 1.54) is 23.8 Å². The highest BCUT2D eigenvalue weighted by atomic mass is 19.1. The Bertz CT molecular complexity index is 1550. The van der Waals surface area contributed by atoms with E-state index in [1.54, 1.807) is 31.4 Å². The minimum atomic E-state index is -0.786. The van der Waals surface area contributed by atoms with Crippen molar-refractivity contribution >= 4 is 6.08 Å². The van der Waals surface area contributed by atoms with Crippen LogP contribution in [0, 0.1) is 23.0 Å². The molecule has 1 heterocycles. The molecule has 3 atom stereocenters. The number of nitrogens with zero attached hydrogens (tertiary/aromatic N) is 2. The average molecular weight is 543 g/mol. The van der Waals surface area contributed by atoms with Crippen LogP contribution in [0.2, 0.25) is 0 Å². The van der Waals surface area contributed by atoms with Gasteiger partial charge in [0.2, 0.25) is 0 Å². The Balaban J connectivity index is 1.24. The van der Waals surface area contributed by atoms with Crippen LogP contribution >= 0.6 is 0 Å². The molecule has 2 aliphatic carbocycles. The molecular weight excluding hydrogens is 510 g/mol. The first-order valence-electron chi connectivity index (χ1n) is 13.6. The van der Waals surface area contributed by atoms with Crippen LogP contribution in [0.3, 0.4) is 0 Å². The number of ether oxygens (including phenoxy) is 2. The van der Waals surface area contributed by atoms with Crippen LogP contribution in [-0.4, -0.2) is 22.0 Å². The summed E-state index contributed by atoms with van der Waals surface area (Å²) in [5.74, 6) is 0.0581. The van der Waals surface area contributed by atoms with Crippen molar-refractivity contribution in [2.75, 3.05) is 7.11 Å². The van der Waals surface area contributed by atoms with Gasteiger partial charge >= 0.3 is 0 Å². The van der Waals surface area contributed by atoms with Crippen LogP contribution in [0.25, 0.3) is 11.8 Å². The zero-order chi connectivity index (χ0) is 27.9. The Morgan fingerprint density at radius 2 is 1.85 bits per heavy atom. The van der Waals surface area contributed by atoms with Crippen LogP contribution in [0.1, 0.15) is 54.7 Å². The van der Waals surface area contributed by atoms with E-state index in [9.17, 15) is 13.9 Å². The van der Waals surface area contributed by atoms with Crippen molar-refractivity contribution in [2.45, 2.75) is 45.3 Å². The van der Waals surface area contributed by atoms with Crippen LogP contribution in [0.15, 0.2) is 78.5 Å². The van der Waals surface area contributed by atoms with E-state index in [4.69, 9.17) is 9.47 Å². The second-order valence-corrected chi connectivity index (χ2v) is 11.0. The summed E-state index contributed by atoms with van der Waals surface area (Å²) < 4.78 is 41.1. The fourth-order valence-corrected chi connectivity index (χ4v) is 6.30. The Hall–Kier alpha value is -3.97. The highest BCUT2D eigenvalue weighted by Crippen LogP contribution is 2.55. The topological polar surface area (TPSA) is 56.5 Å². The number of fused-ring (bicyclic) bond motifs is 2. The van der Waals surface area contributed by atoms with E-state index in [1.807, 2.05) is 35.1 Å². The molecule has 1 fully saturated rings. The monoisotopic (exact) mass is 542 g/mol. The molecule has 1 aromatic heterocycles. The summed E-state index contributed by atoms with van der Waals surface area (Å²) in [5, 5.41) is 16.3. The fourth-order valence-electron chi connectivity index (χ4n) is 6.30. The predicted octanol–water partition coefficient (Wildman–Crippen LogP) is 7.22. The van der Waals surface area contributed by atoms with Crippen LogP contribution < -0.4 is 9.47 Å². The number of aromatic nitrogens is 2. The third-order valence-electron chi connectivity index (χ3n) is 8.57. The third-order valence-corrected chi connectivity index (χ3v) is 8.57. The first-order chi connectivity index (χ1) is 19.4. The molecule has 0 spiro atoms. The highest BCUT2D eigenvalue weighted by Gasteiger charge is 2.46. The Kier molecular flexibility index (Phi) is 6.92. The summed E-state index contributed by atoms with van der Waals surface area (Å²) >= 11 is 0. The summed E-state index contributed by atoms with van der Waals surface area (Å²) in [4.78, 5) is 0. The molecule has 0 unspecified atom stereocenters.